The van der Waals surface area contributed by atoms with Crippen molar-refractivity contribution in [2.45, 2.75) is 6.92 Å². The lowest BCUT2D eigenvalue weighted by atomic mass is 10.0. The van der Waals surface area contributed by atoms with Crippen LogP contribution in [0.4, 0.5) is 0 Å². The summed E-state index contributed by atoms with van der Waals surface area (Å²) in [7, 11) is 0. The van der Waals surface area contributed by atoms with Gasteiger partial charge in [0.05, 0.1) is 16.8 Å². The van der Waals surface area contributed by atoms with E-state index in [0.717, 1.165) is 11.1 Å². The molecule has 0 aliphatic rings. The van der Waals surface area contributed by atoms with Crippen LogP contribution in [0, 0.1) is 6.92 Å². The molecule has 0 spiro atoms. The number of carbonyl (C=O) groups excluding carboxylic acids is 2. The quantitative estimate of drug-likeness (QED) is 0.530. The lowest BCUT2D eigenvalue weighted by Gasteiger charge is -2.11. The lowest BCUT2D eigenvalue weighted by molar-refractivity contribution is 0.0845. The number of pyridine rings is 2. The summed E-state index contributed by atoms with van der Waals surface area (Å²) in [6, 6.07) is 22.1. The molecule has 4 aromatic rings. The van der Waals surface area contributed by atoms with E-state index in [1.54, 1.807) is 24.3 Å². The van der Waals surface area contributed by atoms with E-state index < -0.39 is 11.8 Å². The predicted molar refractivity (Wildman–Crippen MR) is 111 cm³/mol. The van der Waals surface area contributed by atoms with Gasteiger partial charge in [-0.1, -0.05) is 54.1 Å². The minimum atomic E-state index is -0.490. The number of aromatic nitrogens is 2. The molecule has 0 fully saturated rings. The van der Waals surface area contributed by atoms with Crippen LogP contribution in [-0.2, 0) is 0 Å². The van der Waals surface area contributed by atoms with E-state index in [0.29, 0.717) is 22.2 Å². The van der Waals surface area contributed by atoms with Crippen molar-refractivity contribution in [3.8, 4) is 11.3 Å². The largest absolute Gasteiger partial charge is 0.288 e. The Bertz CT molecular complexity index is 1190. The Balaban J connectivity index is 1.65. The van der Waals surface area contributed by atoms with Gasteiger partial charge in [-0.2, -0.15) is 0 Å². The zero-order valence-corrected chi connectivity index (χ0v) is 15.7. The Morgan fingerprint density at radius 3 is 2.31 bits per heavy atom. The highest BCUT2D eigenvalue weighted by Crippen LogP contribution is 2.25. The molecule has 0 atom stereocenters. The second kappa shape index (κ2) is 7.90. The fourth-order valence-electron chi connectivity index (χ4n) is 2.98. The highest BCUT2D eigenvalue weighted by molar-refractivity contribution is 6.08. The van der Waals surface area contributed by atoms with Crippen LogP contribution in [0.1, 0.15) is 26.4 Å². The molecule has 6 nitrogen and oxygen atoms in total. The van der Waals surface area contributed by atoms with Gasteiger partial charge in [-0.05, 0) is 31.2 Å². The molecule has 0 unspecified atom stereocenters. The number of aryl methyl sites for hydroxylation is 1. The normalized spacial score (nSPS) is 10.5. The monoisotopic (exact) mass is 382 g/mol. The van der Waals surface area contributed by atoms with E-state index in [-0.39, 0.29) is 5.69 Å². The summed E-state index contributed by atoms with van der Waals surface area (Å²) in [5.41, 5.74) is 8.96. The fourth-order valence-corrected chi connectivity index (χ4v) is 2.98. The average molecular weight is 382 g/mol. The van der Waals surface area contributed by atoms with E-state index in [9.17, 15) is 9.59 Å². The third-order valence-corrected chi connectivity index (χ3v) is 4.50. The Hall–Kier alpha value is -4.06. The number of hydrazine groups is 1. The summed E-state index contributed by atoms with van der Waals surface area (Å²) < 4.78 is 0. The van der Waals surface area contributed by atoms with Gasteiger partial charge in [0.1, 0.15) is 5.69 Å². The summed E-state index contributed by atoms with van der Waals surface area (Å²) >= 11 is 0. The molecule has 142 valence electrons. The van der Waals surface area contributed by atoms with Crippen LogP contribution < -0.4 is 10.9 Å². The number of amides is 2. The van der Waals surface area contributed by atoms with Gasteiger partial charge >= 0.3 is 0 Å². The van der Waals surface area contributed by atoms with Crippen LogP contribution >= 0.6 is 0 Å². The summed E-state index contributed by atoms with van der Waals surface area (Å²) in [4.78, 5) is 33.7. The van der Waals surface area contributed by atoms with Crippen LogP contribution in [0.3, 0.4) is 0 Å². The first kappa shape index (κ1) is 18.3. The third-order valence-electron chi connectivity index (χ3n) is 4.50. The van der Waals surface area contributed by atoms with Crippen molar-refractivity contribution in [2.24, 2.45) is 0 Å². The van der Waals surface area contributed by atoms with Crippen molar-refractivity contribution in [3.63, 3.8) is 0 Å². The van der Waals surface area contributed by atoms with Crippen LogP contribution in [0.25, 0.3) is 22.2 Å². The van der Waals surface area contributed by atoms with Crippen molar-refractivity contribution >= 4 is 22.7 Å². The van der Waals surface area contributed by atoms with Crippen LogP contribution in [0.2, 0.25) is 0 Å². The number of rotatable bonds is 3. The Morgan fingerprint density at radius 1 is 0.828 bits per heavy atom. The van der Waals surface area contributed by atoms with Gasteiger partial charge in [0.15, 0.2) is 0 Å². The standard InChI is InChI=1S/C23H18N4O2/c1-15-9-11-16(12-10-15)21-14-18(17-6-2-3-7-19(17)25-21)22(28)26-27-23(29)20-8-4-5-13-24-20/h2-14H,1H3,(H,26,28)(H,27,29). The van der Waals surface area contributed by atoms with E-state index >= 15 is 0 Å². The summed E-state index contributed by atoms with van der Waals surface area (Å²) in [5.74, 6) is -0.919. The first-order valence-electron chi connectivity index (χ1n) is 9.10. The topological polar surface area (TPSA) is 84.0 Å². The number of carbonyl (C=O) groups is 2. The van der Waals surface area contributed by atoms with Gasteiger partial charge in [0.2, 0.25) is 0 Å². The Labute approximate surface area is 167 Å². The van der Waals surface area contributed by atoms with E-state index in [4.69, 9.17) is 0 Å². The minimum absolute atomic E-state index is 0.215. The zero-order valence-electron chi connectivity index (χ0n) is 15.7. The highest BCUT2D eigenvalue weighted by Gasteiger charge is 2.15. The summed E-state index contributed by atoms with van der Waals surface area (Å²) in [5, 5.41) is 0.702. The lowest BCUT2D eigenvalue weighted by Crippen LogP contribution is -2.42. The van der Waals surface area contributed by atoms with Gasteiger partial charge < -0.3 is 0 Å². The second-order valence-corrected chi connectivity index (χ2v) is 6.56. The van der Waals surface area contributed by atoms with Crippen molar-refractivity contribution in [3.05, 3.63) is 95.8 Å². The van der Waals surface area contributed by atoms with Gasteiger partial charge in [-0.25, -0.2) is 4.98 Å². The number of nitrogens with one attached hydrogen (secondary N) is 2. The molecule has 29 heavy (non-hydrogen) atoms. The molecule has 4 rings (SSSR count). The van der Waals surface area contributed by atoms with Crippen molar-refractivity contribution in [2.75, 3.05) is 0 Å². The number of fused-ring (bicyclic) bond motifs is 1. The molecule has 2 aromatic carbocycles. The van der Waals surface area contributed by atoms with Crippen molar-refractivity contribution in [1.29, 1.82) is 0 Å². The Kier molecular flexibility index (Phi) is 4.99. The van der Waals surface area contributed by atoms with Gasteiger partial charge in [0.25, 0.3) is 11.8 Å². The maximum Gasteiger partial charge on any atom is 0.288 e. The number of hydrogen-bond donors (Lipinski definition) is 2. The first-order chi connectivity index (χ1) is 14.1. The van der Waals surface area contributed by atoms with Crippen molar-refractivity contribution in [1.82, 2.24) is 20.8 Å². The van der Waals surface area contributed by atoms with Gasteiger partial charge in [0, 0.05) is 17.1 Å². The Morgan fingerprint density at radius 2 is 1.55 bits per heavy atom. The smallest absolute Gasteiger partial charge is 0.267 e. The number of para-hydroxylation sites is 1. The molecule has 0 aliphatic carbocycles. The maximum absolute atomic E-state index is 12.9. The summed E-state index contributed by atoms with van der Waals surface area (Å²) in [6.45, 7) is 2.01. The molecule has 0 radical (unpaired) electrons. The van der Waals surface area contributed by atoms with Crippen LogP contribution in [0.15, 0.2) is 79.0 Å². The second-order valence-electron chi connectivity index (χ2n) is 6.56. The number of benzene rings is 2. The molecule has 6 heteroatoms. The molecule has 2 aromatic heterocycles. The van der Waals surface area contributed by atoms with Crippen molar-refractivity contribution < 1.29 is 9.59 Å². The molecule has 2 amide bonds. The van der Waals surface area contributed by atoms with E-state index in [1.165, 1.54) is 6.20 Å². The molecule has 2 N–H and O–H groups in total. The molecule has 2 heterocycles. The summed E-state index contributed by atoms with van der Waals surface area (Å²) in [6.07, 6.45) is 1.51. The zero-order chi connectivity index (χ0) is 20.2. The number of hydrogen-bond acceptors (Lipinski definition) is 4. The third kappa shape index (κ3) is 3.96. The van der Waals surface area contributed by atoms with Crippen LogP contribution in [0.5, 0.6) is 0 Å². The highest BCUT2D eigenvalue weighted by atomic mass is 16.2. The van der Waals surface area contributed by atoms with Gasteiger partial charge in [-0.15, -0.1) is 0 Å². The fraction of sp³-hybridized carbons (Fsp3) is 0.0435. The van der Waals surface area contributed by atoms with Gasteiger partial charge in [-0.3, -0.25) is 25.4 Å². The molecule has 0 bridgehead atoms. The molecular weight excluding hydrogens is 364 g/mol. The SMILES string of the molecule is Cc1ccc(-c2cc(C(=O)NNC(=O)c3ccccn3)c3ccccc3n2)cc1. The van der Waals surface area contributed by atoms with E-state index in [2.05, 4.69) is 20.8 Å². The van der Waals surface area contributed by atoms with Crippen LogP contribution in [-0.4, -0.2) is 21.8 Å². The molecular formula is C23H18N4O2. The average Bonchev–Trinajstić information content (AvgIpc) is 2.77. The molecule has 0 aliphatic heterocycles. The van der Waals surface area contributed by atoms with E-state index in [1.807, 2.05) is 55.5 Å². The maximum atomic E-state index is 12.9. The number of nitrogens with zero attached hydrogens (tertiary/aromatic N) is 2. The molecule has 0 saturated carbocycles. The molecule has 0 saturated heterocycles. The first-order valence-corrected chi connectivity index (χ1v) is 9.10. The predicted octanol–water partition coefficient (Wildman–Crippen LogP) is 3.68. The minimum Gasteiger partial charge on any atom is -0.267 e.